The molecule has 0 aliphatic carbocycles. The van der Waals surface area contributed by atoms with E-state index in [2.05, 4.69) is 0 Å². The van der Waals surface area contributed by atoms with Gasteiger partial charge in [-0.1, -0.05) is 41.9 Å². The molecule has 0 aliphatic heterocycles. The maximum Gasteiger partial charge on any atom is 0.124 e. The number of rotatable bonds is 3. The van der Waals surface area contributed by atoms with Gasteiger partial charge in [-0.15, -0.1) is 0 Å². The summed E-state index contributed by atoms with van der Waals surface area (Å²) >= 11 is 6.01. The molecule has 1 unspecified atom stereocenters. The first-order valence-corrected chi connectivity index (χ1v) is 6.21. The lowest BCUT2D eigenvalue weighted by atomic mass is 9.96. The van der Waals surface area contributed by atoms with Crippen LogP contribution in [0.1, 0.15) is 22.7 Å². The van der Waals surface area contributed by atoms with Crippen molar-refractivity contribution in [3.05, 3.63) is 70.0 Å². The smallest absolute Gasteiger partial charge is 0.124 e. The van der Waals surface area contributed by atoms with Gasteiger partial charge < -0.3 is 5.73 Å². The quantitative estimate of drug-likeness (QED) is 0.889. The molecule has 2 N–H and O–H groups in total. The molecule has 0 aromatic heterocycles. The van der Waals surface area contributed by atoms with E-state index in [1.54, 1.807) is 6.07 Å². The lowest BCUT2D eigenvalue weighted by Crippen LogP contribution is -2.14. The van der Waals surface area contributed by atoms with Crippen LogP contribution in [0, 0.1) is 12.7 Å². The molecule has 1 nitrogen and oxygen atoms in total. The van der Waals surface area contributed by atoms with Gasteiger partial charge in [0.05, 0.1) is 0 Å². The summed E-state index contributed by atoms with van der Waals surface area (Å²) < 4.78 is 13.0. The number of benzene rings is 2. The fourth-order valence-corrected chi connectivity index (χ4v) is 2.28. The summed E-state index contributed by atoms with van der Waals surface area (Å²) in [6.07, 6.45) is 0.601. The highest BCUT2D eigenvalue weighted by molar-refractivity contribution is 6.31. The van der Waals surface area contributed by atoms with Crippen LogP contribution in [0.15, 0.2) is 42.5 Å². The van der Waals surface area contributed by atoms with Gasteiger partial charge in [0.25, 0.3) is 0 Å². The molecule has 0 amide bonds. The first kappa shape index (κ1) is 13.1. The van der Waals surface area contributed by atoms with E-state index in [4.69, 9.17) is 17.3 Å². The molecule has 94 valence electrons. The normalized spacial score (nSPS) is 12.4. The van der Waals surface area contributed by atoms with Crippen LogP contribution < -0.4 is 5.73 Å². The summed E-state index contributed by atoms with van der Waals surface area (Å²) in [7, 11) is 0. The third-order valence-corrected chi connectivity index (χ3v) is 3.39. The van der Waals surface area contributed by atoms with Gasteiger partial charge in [-0.05, 0) is 42.2 Å². The van der Waals surface area contributed by atoms with E-state index in [9.17, 15) is 4.39 Å². The zero-order valence-electron chi connectivity index (χ0n) is 10.2. The summed E-state index contributed by atoms with van der Waals surface area (Å²) in [5.41, 5.74) is 9.30. The number of aryl methyl sites for hydroxylation is 1. The van der Waals surface area contributed by atoms with Crippen molar-refractivity contribution in [3.8, 4) is 0 Å². The Morgan fingerprint density at radius 1 is 1.22 bits per heavy atom. The molecule has 0 saturated heterocycles. The van der Waals surface area contributed by atoms with E-state index < -0.39 is 0 Å². The van der Waals surface area contributed by atoms with E-state index in [1.807, 2.05) is 31.2 Å². The topological polar surface area (TPSA) is 26.0 Å². The highest BCUT2D eigenvalue weighted by Crippen LogP contribution is 2.24. The highest BCUT2D eigenvalue weighted by Gasteiger charge is 2.11. The minimum Gasteiger partial charge on any atom is -0.324 e. The molecule has 0 aliphatic rings. The van der Waals surface area contributed by atoms with E-state index in [0.29, 0.717) is 11.4 Å². The van der Waals surface area contributed by atoms with Crippen LogP contribution in [0.5, 0.6) is 0 Å². The monoisotopic (exact) mass is 263 g/mol. The maximum absolute atomic E-state index is 13.0. The molecule has 1 atom stereocenters. The molecule has 0 saturated carbocycles. The van der Waals surface area contributed by atoms with E-state index in [-0.39, 0.29) is 11.9 Å². The van der Waals surface area contributed by atoms with Gasteiger partial charge in [0.15, 0.2) is 0 Å². The lowest BCUT2D eigenvalue weighted by Gasteiger charge is -2.15. The van der Waals surface area contributed by atoms with Crippen molar-refractivity contribution in [2.24, 2.45) is 5.73 Å². The van der Waals surface area contributed by atoms with Crippen molar-refractivity contribution in [1.82, 2.24) is 0 Å². The van der Waals surface area contributed by atoms with Crippen LogP contribution in [0.2, 0.25) is 5.02 Å². The second kappa shape index (κ2) is 5.51. The van der Waals surface area contributed by atoms with Crippen LogP contribution in [0.25, 0.3) is 0 Å². The maximum atomic E-state index is 13.0. The summed E-state index contributed by atoms with van der Waals surface area (Å²) in [6, 6.07) is 12.3. The van der Waals surface area contributed by atoms with Gasteiger partial charge in [-0.2, -0.15) is 0 Å². The zero-order chi connectivity index (χ0) is 13.1. The van der Waals surface area contributed by atoms with Gasteiger partial charge in [-0.3, -0.25) is 0 Å². The summed E-state index contributed by atoms with van der Waals surface area (Å²) in [5, 5.41) is 0.430. The van der Waals surface area contributed by atoms with Crippen molar-refractivity contribution in [2.75, 3.05) is 0 Å². The van der Waals surface area contributed by atoms with Gasteiger partial charge in [0.1, 0.15) is 5.82 Å². The van der Waals surface area contributed by atoms with Gasteiger partial charge >= 0.3 is 0 Å². The van der Waals surface area contributed by atoms with Crippen LogP contribution in [0.3, 0.4) is 0 Å². The minimum absolute atomic E-state index is 0.130. The van der Waals surface area contributed by atoms with Crippen molar-refractivity contribution in [3.63, 3.8) is 0 Å². The Bertz CT molecular complexity index is 554. The van der Waals surface area contributed by atoms with Crippen LogP contribution in [-0.4, -0.2) is 0 Å². The van der Waals surface area contributed by atoms with Gasteiger partial charge in [-0.25, -0.2) is 4.39 Å². The number of nitrogens with two attached hydrogens (primary N) is 1. The van der Waals surface area contributed by atoms with Crippen LogP contribution >= 0.6 is 11.6 Å². The average molecular weight is 264 g/mol. The third kappa shape index (κ3) is 2.89. The van der Waals surface area contributed by atoms with Crippen molar-refractivity contribution in [1.29, 1.82) is 0 Å². The summed E-state index contributed by atoms with van der Waals surface area (Å²) in [6.45, 7) is 2.03. The average Bonchev–Trinajstić information content (AvgIpc) is 2.33. The van der Waals surface area contributed by atoms with E-state index in [1.165, 1.54) is 12.1 Å². The molecule has 2 rings (SSSR count). The standard InChI is InChI=1S/C15H15ClFN/c1-10-4-2-3-5-13(10)15(18)8-11-6-7-12(17)9-14(11)16/h2-7,9,15H,8,18H2,1H3. The number of hydrogen-bond acceptors (Lipinski definition) is 1. The van der Waals surface area contributed by atoms with Crippen LogP contribution in [0.4, 0.5) is 4.39 Å². The highest BCUT2D eigenvalue weighted by atomic mass is 35.5. The fourth-order valence-electron chi connectivity index (χ4n) is 2.04. The number of halogens is 2. The minimum atomic E-state index is -0.326. The third-order valence-electron chi connectivity index (χ3n) is 3.04. The predicted octanol–water partition coefficient (Wildman–Crippen LogP) is 4.03. The molecular weight excluding hydrogens is 249 g/mol. The molecule has 0 fully saturated rings. The largest absolute Gasteiger partial charge is 0.324 e. The Labute approximate surface area is 111 Å². The molecule has 0 spiro atoms. The molecule has 18 heavy (non-hydrogen) atoms. The Kier molecular flexibility index (Phi) is 4.00. The molecule has 2 aromatic rings. The number of hydrogen-bond donors (Lipinski definition) is 1. The SMILES string of the molecule is Cc1ccccc1C(N)Cc1ccc(F)cc1Cl. The first-order valence-electron chi connectivity index (χ1n) is 5.83. The molecule has 2 aromatic carbocycles. The van der Waals surface area contributed by atoms with Crippen molar-refractivity contribution >= 4 is 11.6 Å². The fraction of sp³-hybridized carbons (Fsp3) is 0.200. The van der Waals surface area contributed by atoms with Gasteiger partial charge in [0, 0.05) is 11.1 Å². The van der Waals surface area contributed by atoms with Gasteiger partial charge in [0.2, 0.25) is 0 Å². The van der Waals surface area contributed by atoms with Crippen molar-refractivity contribution < 1.29 is 4.39 Å². The Morgan fingerprint density at radius 2 is 1.94 bits per heavy atom. The zero-order valence-corrected chi connectivity index (χ0v) is 10.9. The Hall–Kier alpha value is -1.38. The Balaban J connectivity index is 2.21. The van der Waals surface area contributed by atoms with E-state index >= 15 is 0 Å². The molecule has 0 bridgehead atoms. The predicted molar refractivity (Wildman–Crippen MR) is 73.2 cm³/mol. The second-order valence-electron chi connectivity index (χ2n) is 4.40. The summed E-state index contributed by atoms with van der Waals surface area (Å²) in [4.78, 5) is 0. The molecular formula is C15H15ClFN. The first-order chi connectivity index (χ1) is 8.58. The lowest BCUT2D eigenvalue weighted by molar-refractivity contribution is 0.625. The van der Waals surface area contributed by atoms with E-state index in [0.717, 1.165) is 16.7 Å². The summed E-state index contributed by atoms with van der Waals surface area (Å²) in [5.74, 6) is -0.326. The molecule has 0 radical (unpaired) electrons. The van der Waals surface area contributed by atoms with Crippen molar-refractivity contribution in [2.45, 2.75) is 19.4 Å². The second-order valence-corrected chi connectivity index (χ2v) is 4.81. The Morgan fingerprint density at radius 3 is 2.61 bits per heavy atom. The van der Waals surface area contributed by atoms with Crippen LogP contribution in [-0.2, 0) is 6.42 Å². The molecule has 0 heterocycles. The molecule has 3 heteroatoms.